The van der Waals surface area contributed by atoms with Gasteiger partial charge in [-0.2, -0.15) is 0 Å². The lowest BCUT2D eigenvalue weighted by atomic mass is 10.2. The van der Waals surface area contributed by atoms with Crippen LogP contribution in [0.3, 0.4) is 0 Å². The van der Waals surface area contributed by atoms with Crippen LogP contribution in [-0.2, 0) is 0 Å². The SMILES string of the molecule is COc1cc(C)c(Cl)cc1NCCN. The van der Waals surface area contributed by atoms with Crippen molar-refractivity contribution in [3.8, 4) is 5.75 Å². The lowest BCUT2D eigenvalue weighted by Crippen LogP contribution is -2.13. The molecule has 0 spiro atoms. The average molecular weight is 215 g/mol. The minimum Gasteiger partial charge on any atom is -0.495 e. The number of hydrogen-bond acceptors (Lipinski definition) is 3. The zero-order valence-electron chi connectivity index (χ0n) is 8.43. The van der Waals surface area contributed by atoms with Gasteiger partial charge in [0, 0.05) is 18.1 Å². The molecule has 0 saturated heterocycles. The molecule has 0 fully saturated rings. The predicted molar refractivity (Wildman–Crippen MR) is 60.3 cm³/mol. The zero-order chi connectivity index (χ0) is 10.6. The summed E-state index contributed by atoms with van der Waals surface area (Å²) >= 11 is 5.99. The summed E-state index contributed by atoms with van der Waals surface area (Å²) in [6.07, 6.45) is 0. The van der Waals surface area contributed by atoms with Crippen molar-refractivity contribution in [1.29, 1.82) is 0 Å². The molecule has 0 aliphatic rings. The van der Waals surface area contributed by atoms with Crippen molar-refractivity contribution < 1.29 is 4.74 Å². The molecule has 1 aromatic carbocycles. The maximum atomic E-state index is 5.99. The Morgan fingerprint density at radius 2 is 2.21 bits per heavy atom. The van der Waals surface area contributed by atoms with Crippen molar-refractivity contribution >= 4 is 17.3 Å². The van der Waals surface area contributed by atoms with Gasteiger partial charge in [-0.1, -0.05) is 11.6 Å². The molecular weight excluding hydrogens is 200 g/mol. The molecule has 1 aromatic rings. The van der Waals surface area contributed by atoms with E-state index >= 15 is 0 Å². The number of aryl methyl sites for hydroxylation is 1. The van der Waals surface area contributed by atoms with Gasteiger partial charge in [0.2, 0.25) is 0 Å². The van der Waals surface area contributed by atoms with E-state index in [9.17, 15) is 0 Å². The molecule has 0 aliphatic heterocycles. The summed E-state index contributed by atoms with van der Waals surface area (Å²) in [7, 11) is 1.64. The van der Waals surface area contributed by atoms with E-state index in [1.54, 1.807) is 7.11 Å². The van der Waals surface area contributed by atoms with Crippen LogP contribution >= 0.6 is 11.6 Å². The van der Waals surface area contributed by atoms with Gasteiger partial charge in [-0.15, -0.1) is 0 Å². The molecule has 0 saturated carbocycles. The van der Waals surface area contributed by atoms with E-state index in [2.05, 4.69) is 5.32 Å². The maximum Gasteiger partial charge on any atom is 0.142 e. The fraction of sp³-hybridized carbons (Fsp3) is 0.400. The van der Waals surface area contributed by atoms with Crippen LogP contribution in [0, 0.1) is 6.92 Å². The van der Waals surface area contributed by atoms with Gasteiger partial charge in [0.25, 0.3) is 0 Å². The number of halogens is 1. The second kappa shape index (κ2) is 5.08. The minimum atomic E-state index is 0.578. The van der Waals surface area contributed by atoms with E-state index in [4.69, 9.17) is 22.1 Å². The number of methoxy groups -OCH3 is 1. The fourth-order valence-electron chi connectivity index (χ4n) is 1.17. The Morgan fingerprint density at radius 3 is 2.79 bits per heavy atom. The van der Waals surface area contributed by atoms with Crippen LogP contribution in [0.1, 0.15) is 5.56 Å². The van der Waals surface area contributed by atoms with Crippen LogP contribution in [0.25, 0.3) is 0 Å². The van der Waals surface area contributed by atoms with E-state index in [1.165, 1.54) is 0 Å². The fourth-order valence-corrected chi connectivity index (χ4v) is 1.33. The van der Waals surface area contributed by atoms with Crippen molar-refractivity contribution in [2.24, 2.45) is 5.73 Å². The number of nitrogens with two attached hydrogens (primary N) is 1. The largest absolute Gasteiger partial charge is 0.495 e. The number of nitrogens with one attached hydrogen (secondary N) is 1. The van der Waals surface area contributed by atoms with E-state index in [-0.39, 0.29) is 0 Å². The third kappa shape index (κ3) is 2.53. The minimum absolute atomic E-state index is 0.578. The average Bonchev–Trinajstić information content (AvgIpc) is 2.19. The van der Waals surface area contributed by atoms with E-state index in [1.807, 2.05) is 19.1 Å². The number of rotatable bonds is 4. The first-order chi connectivity index (χ1) is 6.69. The number of anilines is 1. The first kappa shape index (κ1) is 11.1. The number of ether oxygens (including phenoxy) is 1. The van der Waals surface area contributed by atoms with E-state index in [0.717, 1.165) is 22.0 Å². The number of hydrogen-bond donors (Lipinski definition) is 2. The summed E-state index contributed by atoms with van der Waals surface area (Å²) in [5, 5.41) is 3.87. The van der Waals surface area contributed by atoms with Gasteiger partial charge in [-0.3, -0.25) is 0 Å². The Hall–Kier alpha value is -0.930. The van der Waals surface area contributed by atoms with Crippen LogP contribution in [0.4, 0.5) is 5.69 Å². The van der Waals surface area contributed by atoms with Crippen molar-refractivity contribution in [3.63, 3.8) is 0 Å². The summed E-state index contributed by atoms with van der Waals surface area (Å²) in [4.78, 5) is 0. The molecule has 78 valence electrons. The van der Waals surface area contributed by atoms with Gasteiger partial charge in [0.05, 0.1) is 12.8 Å². The standard InChI is InChI=1S/C10H15ClN2O/c1-7-5-10(14-2)9(6-8(7)11)13-4-3-12/h5-6,13H,3-4,12H2,1-2H3. The molecule has 0 radical (unpaired) electrons. The molecule has 0 aliphatic carbocycles. The molecule has 0 atom stereocenters. The Labute approximate surface area is 89.2 Å². The molecule has 3 nitrogen and oxygen atoms in total. The highest BCUT2D eigenvalue weighted by Crippen LogP contribution is 2.30. The number of benzene rings is 1. The van der Waals surface area contributed by atoms with Crippen molar-refractivity contribution in [2.75, 3.05) is 25.5 Å². The van der Waals surface area contributed by atoms with Crippen LogP contribution in [0.5, 0.6) is 5.75 Å². The van der Waals surface area contributed by atoms with E-state index in [0.29, 0.717) is 13.1 Å². The van der Waals surface area contributed by atoms with Crippen molar-refractivity contribution in [2.45, 2.75) is 6.92 Å². The van der Waals surface area contributed by atoms with Gasteiger partial charge in [-0.05, 0) is 24.6 Å². The van der Waals surface area contributed by atoms with Crippen LogP contribution in [0.2, 0.25) is 5.02 Å². The highest BCUT2D eigenvalue weighted by Gasteiger charge is 2.05. The van der Waals surface area contributed by atoms with E-state index < -0.39 is 0 Å². The highest BCUT2D eigenvalue weighted by atomic mass is 35.5. The zero-order valence-corrected chi connectivity index (χ0v) is 9.19. The van der Waals surface area contributed by atoms with Gasteiger partial charge in [-0.25, -0.2) is 0 Å². The maximum absolute atomic E-state index is 5.99. The third-order valence-electron chi connectivity index (χ3n) is 1.94. The third-order valence-corrected chi connectivity index (χ3v) is 2.35. The summed E-state index contributed by atoms with van der Waals surface area (Å²) in [5.74, 6) is 0.792. The molecule has 0 amide bonds. The first-order valence-corrected chi connectivity index (χ1v) is 4.85. The van der Waals surface area contributed by atoms with Crippen LogP contribution < -0.4 is 15.8 Å². The highest BCUT2D eigenvalue weighted by molar-refractivity contribution is 6.31. The molecule has 0 aromatic heterocycles. The Balaban J connectivity index is 2.95. The van der Waals surface area contributed by atoms with Gasteiger partial charge < -0.3 is 15.8 Å². The molecule has 1 rings (SSSR count). The molecule has 0 bridgehead atoms. The molecule has 4 heteroatoms. The lowest BCUT2D eigenvalue weighted by molar-refractivity contribution is 0.416. The molecule has 14 heavy (non-hydrogen) atoms. The van der Waals surface area contributed by atoms with Crippen LogP contribution in [-0.4, -0.2) is 20.2 Å². The van der Waals surface area contributed by atoms with Gasteiger partial charge >= 0.3 is 0 Å². The lowest BCUT2D eigenvalue weighted by Gasteiger charge is -2.12. The Morgan fingerprint density at radius 1 is 1.50 bits per heavy atom. The van der Waals surface area contributed by atoms with Crippen molar-refractivity contribution in [3.05, 3.63) is 22.7 Å². The Kier molecular flexibility index (Phi) is 4.04. The monoisotopic (exact) mass is 214 g/mol. The first-order valence-electron chi connectivity index (χ1n) is 4.47. The second-order valence-corrected chi connectivity index (χ2v) is 3.42. The van der Waals surface area contributed by atoms with Gasteiger partial charge in [0.15, 0.2) is 0 Å². The summed E-state index contributed by atoms with van der Waals surface area (Å²) < 4.78 is 5.22. The quantitative estimate of drug-likeness (QED) is 0.807. The molecule has 3 N–H and O–H groups in total. The smallest absolute Gasteiger partial charge is 0.142 e. The normalized spacial score (nSPS) is 10.0. The summed E-state index contributed by atoms with van der Waals surface area (Å²) in [5.41, 5.74) is 7.28. The molecular formula is C10H15ClN2O. The van der Waals surface area contributed by atoms with Crippen LogP contribution in [0.15, 0.2) is 12.1 Å². The Bertz CT molecular complexity index is 315. The molecule has 0 heterocycles. The second-order valence-electron chi connectivity index (χ2n) is 3.02. The summed E-state index contributed by atoms with van der Waals surface area (Å²) in [6.45, 7) is 3.22. The molecule has 0 unspecified atom stereocenters. The van der Waals surface area contributed by atoms with Crippen molar-refractivity contribution in [1.82, 2.24) is 0 Å². The topological polar surface area (TPSA) is 47.3 Å². The predicted octanol–water partition coefficient (Wildman–Crippen LogP) is 2.03. The van der Waals surface area contributed by atoms with Gasteiger partial charge in [0.1, 0.15) is 5.75 Å². The summed E-state index contributed by atoms with van der Waals surface area (Å²) in [6, 6.07) is 3.76.